The van der Waals surface area contributed by atoms with Crippen molar-refractivity contribution >= 4 is 30.6 Å². The summed E-state index contributed by atoms with van der Waals surface area (Å²) in [6.07, 6.45) is 0.427. The van der Waals surface area contributed by atoms with Crippen LogP contribution in [0.3, 0.4) is 0 Å². The first-order valence-corrected chi connectivity index (χ1v) is 9.15. The summed E-state index contributed by atoms with van der Waals surface area (Å²) in [7, 11) is -1.65. The number of hydrogen-bond acceptors (Lipinski definition) is 6. The van der Waals surface area contributed by atoms with Gasteiger partial charge < -0.3 is 24.6 Å². The van der Waals surface area contributed by atoms with E-state index in [1.807, 2.05) is 34.6 Å². The predicted molar refractivity (Wildman–Crippen MR) is 106 cm³/mol. The Morgan fingerprint density at radius 2 is 1.59 bits per heavy atom. The fraction of sp³-hybridized carbons (Fsp3) is 0.579. The van der Waals surface area contributed by atoms with E-state index in [2.05, 4.69) is 4.90 Å². The Balaban J connectivity index is 2.29. The molecular formula is C19H29BN2O5. The van der Waals surface area contributed by atoms with Crippen molar-refractivity contribution in [3.05, 3.63) is 22.3 Å². The van der Waals surface area contributed by atoms with Crippen molar-refractivity contribution in [1.82, 2.24) is 4.90 Å². The number of carbonyl (C=O) groups is 2. The van der Waals surface area contributed by atoms with E-state index >= 15 is 0 Å². The van der Waals surface area contributed by atoms with Gasteiger partial charge in [0.25, 0.3) is 0 Å². The van der Waals surface area contributed by atoms with Crippen molar-refractivity contribution in [2.45, 2.75) is 47.1 Å². The third-order valence-corrected chi connectivity index (χ3v) is 4.95. The number of hydrogen-bond donors (Lipinski definition) is 2. The molecule has 0 atom stereocenters. The quantitative estimate of drug-likeness (QED) is 0.608. The van der Waals surface area contributed by atoms with Crippen molar-refractivity contribution in [2.75, 3.05) is 31.1 Å². The van der Waals surface area contributed by atoms with Crippen molar-refractivity contribution in [3.8, 4) is 0 Å². The van der Waals surface area contributed by atoms with Gasteiger partial charge in [0.2, 0.25) is 0 Å². The molecule has 1 heterocycles. The second-order valence-corrected chi connectivity index (χ2v) is 8.00. The highest BCUT2D eigenvalue weighted by Gasteiger charge is 2.30. The molecule has 0 aliphatic carbocycles. The molecule has 0 saturated carbocycles. The van der Waals surface area contributed by atoms with E-state index in [-0.39, 0.29) is 6.09 Å². The number of carbonyl (C=O) groups excluding carboxylic acids is 2. The number of ether oxygens (including phenoxy) is 1. The Morgan fingerprint density at radius 1 is 1.04 bits per heavy atom. The molecule has 1 saturated heterocycles. The number of amides is 1. The highest BCUT2D eigenvalue weighted by atomic mass is 16.6. The molecule has 1 amide bonds. The second kappa shape index (κ2) is 7.90. The molecule has 8 heteroatoms. The Bertz CT molecular complexity index is 735. The molecule has 1 fully saturated rings. The lowest BCUT2D eigenvalue weighted by Gasteiger charge is -2.38. The Hall–Kier alpha value is -2.06. The van der Waals surface area contributed by atoms with Gasteiger partial charge in [0.15, 0.2) is 6.29 Å². The standard InChI is InChI=1S/C19H29BN2O5/c1-12-15(11-23)13(2)17(14(3)16(12)20(25)26)21-7-9-22(10-8-21)18(24)27-19(4,5)6/h11,25-26H,7-10H2,1-6H3. The SMILES string of the molecule is Cc1c(C=O)c(C)c(N2CCN(C(=O)OC(C)(C)C)CC2)c(C)c1B(O)O. The van der Waals surface area contributed by atoms with Gasteiger partial charge in [0.05, 0.1) is 0 Å². The van der Waals surface area contributed by atoms with Gasteiger partial charge in [0, 0.05) is 37.4 Å². The normalized spacial score (nSPS) is 15.0. The van der Waals surface area contributed by atoms with Crippen LogP contribution in [0.4, 0.5) is 10.5 Å². The van der Waals surface area contributed by atoms with Gasteiger partial charge >= 0.3 is 13.2 Å². The zero-order chi connectivity index (χ0) is 20.5. The summed E-state index contributed by atoms with van der Waals surface area (Å²) < 4.78 is 5.42. The van der Waals surface area contributed by atoms with Crippen LogP contribution in [-0.4, -0.2) is 66.2 Å². The fourth-order valence-electron chi connectivity index (χ4n) is 3.72. The monoisotopic (exact) mass is 376 g/mol. The third-order valence-electron chi connectivity index (χ3n) is 4.95. The Labute approximate surface area is 161 Å². The maximum atomic E-state index is 12.3. The van der Waals surface area contributed by atoms with Gasteiger partial charge in [-0.3, -0.25) is 4.79 Å². The van der Waals surface area contributed by atoms with Crippen LogP contribution in [0.1, 0.15) is 47.8 Å². The lowest BCUT2D eigenvalue weighted by molar-refractivity contribution is 0.0240. The van der Waals surface area contributed by atoms with Crippen LogP contribution in [0.2, 0.25) is 0 Å². The van der Waals surface area contributed by atoms with Crippen LogP contribution < -0.4 is 10.4 Å². The van der Waals surface area contributed by atoms with Gasteiger partial charge in [-0.2, -0.15) is 0 Å². The number of aldehydes is 1. The van der Waals surface area contributed by atoms with Crippen LogP contribution >= 0.6 is 0 Å². The molecule has 0 radical (unpaired) electrons. The lowest BCUT2D eigenvalue weighted by Crippen LogP contribution is -2.51. The third kappa shape index (κ3) is 4.44. The van der Waals surface area contributed by atoms with Crippen LogP contribution in [-0.2, 0) is 4.74 Å². The van der Waals surface area contributed by atoms with E-state index in [1.165, 1.54) is 0 Å². The van der Waals surface area contributed by atoms with Gasteiger partial charge in [0.1, 0.15) is 5.60 Å². The van der Waals surface area contributed by atoms with Gasteiger partial charge in [-0.05, 0) is 63.7 Å². The average molecular weight is 376 g/mol. The molecule has 27 heavy (non-hydrogen) atoms. The summed E-state index contributed by atoms with van der Waals surface area (Å²) >= 11 is 0. The Morgan fingerprint density at radius 3 is 2.04 bits per heavy atom. The molecule has 1 aliphatic rings. The summed E-state index contributed by atoms with van der Waals surface area (Å²) in [4.78, 5) is 27.6. The predicted octanol–water partition coefficient (Wildman–Crippen LogP) is 1.16. The first-order valence-electron chi connectivity index (χ1n) is 9.15. The fourth-order valence-corrected chi connectivity index (χ4v) is 3.72. The summed E-state index contributed by atoms with van der Waals surface area (Å²) in [5.74, 6) is 0. The van der Waals surface area contributed by atoms with E-state index in [9.17, 15) is 19.6 Å². The maximum Gasteiger partial charge on any atom is 0.489 e. The topological polar surface area (TPSA) is 90.3 Å². The highest BCUT2D eigenvalue weighted by Crippen LogP contribution is 2.29. The molecule has 2 rings (SSSR count). The number of nitrogens with zero attached hydrogens (tertiary/aromatic N) is 2. The van der Waals surface area contributed by atoms with Gasteiger partial charge in [-0.1, -0.05) is 0 Å². The van der Waals surface area contributed by atoms with E-state index in [0.717, 1.165) is 23.1 Å². The van der Waals surface area contributed by atoms with Crippen molar-refractivity contribution in [3.63, 3.8) is 0 Å². The molecule has 0 unspecified atom stereocenters. The zero-order valence-corrected chi connectivity index (χ0v) is 17.0. The minimum Gasteiger partial charge on any atom is -0.444 e. The minimum absolute atomic E-state index is 0.334. The Kier molecular flexibility index (Phi) is 6.22. The van der Waals surface area contributed by atoms with Gasteiger partial charge in [-0.15, -0.1) is 0 Å². The molecule has 148 valence electrons. The van der Waals surface area contributed by atoms with Crippen LogP contribution in [0.5, 0.6) is 0 Å². The summed E-state index contributed by atoms with van der Waals surface area (Å²) in [5, 5.41) is 19.6. The number of piperazine rings is 1. The van der Waals surface area contributed by atoms with Crippen molar-refractivity contribution in [2.24, 2.45) is 0 Å². The summed E-state index contributed by atoms with van der Waals surface area (Å²) in [6.45, 7) is 13.1. The number of benzene rings is 1. The van der Waals surface area contributed by atoms with E-state index in [1.54, 1.807) is 11.8 Å². The smallest absolute Gasteiger partial charge is 0.444 e. The second-order valence-electron chi connectivity index (χ2n) is 8.00. The maximum absolute atomic E-state index is 12.3. The largest absolute Gasteiger partial charge is 0.489 e. The minimum atomic E-state index is -1.65. The van der Waals surface area contributed by atoms with Crippen LogP contribution in [0.15, 0.2) is 0 Å². The van der Waals surface area contributed by atoms with E-state index in [4.69, 9.17) is 4.74 Å². The molecule has 7 nitrogen and oxygen atoms in total. The van der Waals surface area contributed by atoms with Crippen molar-refractivity contribution < 1.29 is 24.4 Å². The van der Waals surface area contributed by atoms with Crippen LogP contribution in [0.25, 0.3) is 0 Å². The van der Waals surface area contributed by atoms with E-state index in [0.29, 0.717) is 42.8 Å². The molecule has 1 aromatic carbocycles. The number of rotatable bonds is 3. The molecule has 1 aromatic rings. The molecule has 0 bridgehead atoms. The first-order chi connectivity index (χ1) is 12.5. The highest BCUT2D eigenvalue weighted by molar-refractivity contribution is 6.60. The van der Waals surface area contributed by atoms with Gasteiger partial charge in [-0.25, -0.2) is 4.79 Å². The summed E-state index contributed by atoms with van der Waals surface area (Å²) in [5.41, 5.74) is 3.29. The average Bonchev–Trinajstić information content (AvgIpc) is 2.53. The van der Waals surface area contributed by atoms with Crippen LogP contribution in [0, 0.1) is 20.8 Å². The summed E-state index contributed by atoms with van der Waals surface area (Å²) in [6, 6.07) is 0. The molecular weight excluding hydrogens is 347 g/mol. The molecule has 0 spiro atoms. The number of anilines is 1. The van der Waals surface area contributed by atoms with Crippen molar-refractivity contribution in [1.29, 1.82) is 0 Å². The first kappa shape index (κ1) is 21.2. The lowest BCUT2D eigenvalue weighted by atomic mass is 9.71. The molecule has 0 aromatic heterocycles. The molecule has 2 N–H and O–H groups in total. The molecule has 1 aliphatic heterocycles. The zero-order valence-electron chi connectivity index (χ0n) is 17.0. The van der Waals surface area contributed by atoms with E-state index < -0.39 is 12.7 Å².